The van der Waals surface area contributed by atoms with Gasteiger partial charge in [-0.3, -0.25) is 25.0 Å². The lowest BCUT2D eigenvalue weighted by molar-refractivity contribution is -0.579. The van der Waals surface area contributed by atoms with Gasteiger partial charge in [0.05, 0.1) is 15.4 Å². The summed E-state index contributed by atoms with van der Waals surface area (Å²) in [6.45, 7) is 0.217. The third kappa shape index (κ3) is 4.09. The van der Waals surface area contributed by atoms with Gasteiger partial charge in [0.25, 0.3) is 5.43 Å². The smallest absolute Gasteiger partial charge is 0.368 e. The molecule has 1 saturated heterocycles. The number of aliphatic hydroxyl groups excluding tert-OH is 1. The Bertz CT molecular complexity index is 1760. The van der Waals surface area contributed by atoms with E-state index in [0.717, 1.165) is 12.1 Å². The van der Waals surface area contributed by atoms with Crippen molar-refractivity contribution in [3.05, 3.63) is 84.5 Å². The third-order valence-corrected chi connectivity index (χ3v) is 6.80. The number of aromatic hydroxyl groups is 1. The number of fused-ring (bicyclic) bond motifs is 2. The maximum atomic E-state index is 12.4. The van der Waals surface area contributed by atoms with Crippen molar-refractivity contribution in [3.8, 4) is 28.2 Å². The summed E-state index contributed by atoms with van der Waals surface area (Å²) in [5, 5.41) is 57.1. The average molecular weight is 533 g/mol. The molecule has 13 nitrogen and oxygen atoms in total. The Kier molecular flexibility index (Phi) is 6.18. The van der Waals surface area contributed by atoms with Crippen molar-refractivity contribution in [1.29, 1.82) is 0 Å². The summed E-state index contributed by atoms with van der Waals surface area (Å²) < 4.78 is 6.90. The molecule has 2 aliphatic heterocycles. The van der Waals surface area contributed by atoms with Crippen LogP contribution in [0.5, 0.6) is 5.75 Å². The number of carbonyl (C=O) groups excluding carboxylic acids is 1. The predicted octanol–water partition coefficient (Wildman–Crippen LogP) is 2.71. The van der Waals surface area contributed by atoms with Crippen LogP contribution in [0, 0.1) is 20.2 Å². The number of phenolic OH excluding ortho intramolecular Hbond substituents is 1. The number of nitro groups is 2. The average Bonchev–Trinajstić information content (AvgIpc) is 2.90. The van der Waals surface area contributed by atoms with Crippen molar-refractivity contribution < 1.29 is 39.0 Å². The van der Waals surface area contributed by atoms with Crippen LogP contribution >= 0.6 is 0 Å². The summed E-state index contributed by atoms with van der Waals surface area (Å²) in [4.78, 5) is 46.0. The number of aliphatic hydroxyl groups is 1. The molecule has 1 unspecified atom stereocenters. The number of phenols is 1. The van der Waals surface area contributed by atoms with Gasteiger partial charge < -0.3 is 24.5 Å². The van der Waals surface area contributed by atoms with Crippen molar-refractivity contribution in [2.24, 2.45) is 0 Å². The molecule has 13 heteroatoms. The van der Waals surface area contributed by atoms with Gasteiger partial charge in [0.1, 0.15) is 12.5 Å². The Morgan fingerprint density at radius 2 is 1.69 bits per heavy atom. The van der Waals surface area contributed by atoms with Gasteiger partial charge in [-0.15, -0.1) is 0 Å². The maximum Gasteiger partial charge on any atom is 0.368 e. The summed E-state index contributed by atoms with van der Waals surface area (Å²) in [7, 11) is 0. The second-order valence-corrected chi connectivity index (χ2v) is 8.98. The largest absolute Gasteiger partial charge is 0.543 e. The van der Waals surface area contributed by atoms with E-state index in [-0.39, 0.29) is 40.6 Å². The number of carboxylic acid groups (broad SMARTS) is 1. The Hall–Kier alpha value is -5.33. The number of hydrogen-bond donors (Lipinski definition) is 2. The van der Waals surface area contributed by atoms with E-state index in [9.17, 15) is 45.1 Å². The Balaban J connectivity index is 1.95. The molecule has 0 saturated carbocycles. The van der Waals surface area contributed by atoms with E-state index >= 15 is 0 Å². The Labute approximate surface area is 218 Å². The van der Waals surface area contributed by atoms with Gasteiger partial charge in [0.15, 0.2) is 11.8 Å². The Morgan fingerprint density at radius 3 is 2.38 bits per heavy atom. The van der Waals surface area contributed by atoms with E-state index in [4.69, 9.17) is 4.42 Å². The molecule has 0 radical (unpaired) electrons. The van der Waals surface area contributed by atoms with E-state index in [1.54, 1.807) is 12.1 Å². The molecule has 0 bridgehead atoms. The van der Waals surface area contributed by atoms with Crippen LogP contribution in [0.4, 0.5) is 11.4 Å². The van der Waals surface area contributed by atoms with Gasteiger partial charge in [0, 0.05) is 34.9 Å². The monoisotopic (exact) mass is 533 g/mol. The fourth-order valence-corrected chi connectivity index (χ4v) is 5.08. The Morgan fingerprint density at radius 1 is 0.974 bits per heavy atom. The number of carbonyl (C=O) groups is 1. The first-order chi connectivity index (χ1) is 18.6. The van der Waals surface area contributed by atoms with Gasteiger partial charge in [0.2, 0.25) is 11.3 Å². The van der Waals surface area contributed by atoms with Crippen LogP contribution in [-0.4, -0.2) is 49.1 Å². The molecule has 2 aromatic carbocycles. The number of hydrogen-bond acceptors (Lipinski definition) is 9. The molecule has 2 aromatic rings. The highest BCUT2D eigenvalue weighted by molar-refractivity contribution is 6.10. The summed E-state index contributed by atoms with van der Waals surface area (Å²) in [5.41, 5.74) is -2.87. The predicted molar refractivity (Wildman–Crippen MR) is 134 cm³/mol. The lowest BCUT2D eigenvalue weighted by Crippen LogP contribution is -2.48. The number of nitro benzene ring substituents is 2. The lowest BCUT2D eigenvalue weighted by Gasteiger charge is -2.23. The van der Waals surface area contributed by atoms with Gasteiger partial charge in [-0.05, 0) is 36.8 Å². The molecule has 0 amide bonds. The van der Waals surface area contributed by atoms with Gasteiger partial charge in [-0.1, -0.05) is 18.2 Å². The minimum Gasteiger partial charge on any atom is -0.543 e. The molecule has 0 aromatic heterocycles. The molecule has 5 rings (SSSR count). The van der Waals surface area contributed by atoms with Crippen LogP contribution in [0.1, 0.15) is 24.8 Å². The lowest BCUT2D eigenvalue weighted by atomic mass is 9.89. The molecule has 2 heterocycles. The number of benzene rings is 3. The van der Waals surface area contributed by atoms with Crippen molar-refractivity contribution in [2.45, 2.75) is 25.3 Å². The molecule has 0 spiro atoms. The van der Waals surface area contributed by atoms with Gasteiger partial charge in [-0.25, -0.2) is 0 Å². The molecule has 1 fully saturated rings. The summed E-state index contributed by atoms with van der Waals surface area (Å²) >= 11 is 0. The highest BCUT2D eigenvalue weighted by atomic mass is 16.6. The standard InChI is InChI=1S/C26H19N3O10/c30-18-10-8-15-20(13-5-1-2-6-14(13)25(32)27-12-4-3-7-17(27)26(33)34)16-9-11-19(31)22(29(37)38)24(16)39-23(15)21(18)28(35)36/h1-2,5-6,8-11,17H,3-4,7,12H2,(H2,30,31,33,34). The van der Waals surface area contributed by atoms with Crippen molar-refractivity contribution in [1.82, 2.24) is 0 Å². The SMILES string of the molecule is O=C([O-])C1CCCC[N+]1=C(O)c1ccccc1-c1c2ccc(=O)c([N+](=O)[O-])c-2oc2c([N+](=O)[O-])c(O)ccc12. The van der Waals surface area contributed by atoms with Crippen molar-refractivity contribution in [2.75, 3.05) is 6.54 Å². The molecule has 1 atom stereocenters. The second kappa shape index (κ2) is 9.52. The van der Waals surface area contributed by atoms with E-state index in [1.165, 1.54) is 28.8 Å². The zero-order valence-corrected chi connectivity index (χ0v) is 20.0. The van der Waals surface area contributed by atoms with E-state index in [2.05, 4.69) is 0 Å². The third-order valence-electron chi connectivity index (χ3n) is 6.80. The van der Waals surface area contributed by atoms with Crippen LogP contribution in [0.15, 0.2) is 57.7 Å². The summed E-state index contributed by atoms with van der Waals surface area (Å²) in [6.07, 6.45) is 1.47. The van der Waals surface area contributed by atoms with E-state index in [0.29, 0.717) is 12.8 Å². The molecular weight excluding hydrogens is 514 g/mol. The number of piperidine rings is 1. The molecule has 198 valence electrons. The fourth-order valence-electron chi connectivity index (χ4n) is 5.08. The zero-order chi connectivity index (χ0) is 28.0. The van der Waals surface area contributed by atoms with Gasteiger partial charge >= 0.3 is 17.3 Å². The normalized spacial score (nSPS) is 16.8. The van der Waals surface area contributed by atoms with Crippen LogP contribution in [0.25, 0.3) is 33.4 Å². The fraction of sp³-hybridized carbons (Fsp3) is 0.192. The number of nitrogens with zero attached hydrogens (tertiary/aromatic N) is 3. The van der Waals surface area contributed by atoms with Crippen LogP contribution in [-0.2, 0) is 4.79 Å². The van der Waals surface area contributed by atoms with Crippen LogP contribution < -0.4 is 10.5 Å². The van der Waals surface area contributed by atoms with Crippen LogP contribution in [0.2, 0.25) is 0 Å². The molecule has 39 heavy (non-hydrogen) atoms. The molecule has 3 aliphatic rings. The maximum absolute atomic E-state index is 12.4. The number of rotatable bonds is 5. The van der Waals surface area contributed by atoms with Crippen LogP contribution in [0.3, 0.4) is 0 Å². The van der Waals surface area contributed by atoms with Crippen molar-refractivity contribution in [3.63, 3.8) is 0 Å². The highest BCUT2D eigenvalue weighted by Gasteiger charge is 2.35. The number of aliphatic carboxylic acids is 1. The zero-order valence-electron chi connectivity index (χ0n) is 20.0. The topological polar surface area (TPSA) is 200 Å². The highest BCUT2D eigenvalue weighted by Crippen LogP contribution is 2.47. The van der Waals surface area contributed by atoms with Gasteiger partial charge in [-0.2, -0.15) is 4.58 Å². The second-order valence-electron chi connectivity index (χ2n) is 8.98. The quantitative estimate of drug-likeness (QED) is 0.126. The summed E-state index contributed by atoms with van der Waals surface area (Å²) in [5.74, 6) is -3.10. The molecule has 1 aliphatic carbocycles. The minimum absolute atomic E-state index is 0.0316. The first-order valence-corrected chi connectivity index (χ1v) is 11.8. The van der Waals surface area contributed by atoms with E-state index in [1.807, 2.05) is 0 Å². The minimum atomic E-state index is -1.36. The first kappa shape index (κ1) is 25.3. The molecular formula is C26H19N3O10. The van der Waals surface area contributed by atoms with E-state index < -0.39 is 61.7 Å². The number of carboxylic acids is 1. The first-order valence-electron chi connectivity index (χ1n) is 11.8. The summed E-state index contributed by atoms with van der Waals surface area (Å²) in [6, 6.07) is 9.70. The molecule has 2 N–H and O–H groups in total. The van der Waals surface area contributed by atoms with Crippen molar-refractivity contribution >= 4 is 34.2 Å².